The molecule has 2 unspecified atom stereocenters. The number of benzene rings is 1. The van der Waals surface area contributed by atoms with Crippen molar-refractivity contribution in [3.63, 3.8) is 0 Å². The molecule has 0 aliphatic carbocycles. The smallest absolute Gasteiger partial charge is 0.265 e. The number of fused-ring (bicyclic) bond motifs is 3. The van der Waals surface area contributed by atoms with Gasteiger partial charge in [0.25, 0.3) is 5.91 Å². The highest BCUT2D eigenvalue weighted by Gasteiger charge is 2.32. The predicted molar refractivity (Wildman–Crippen MR) is 99.6 cm³/mol. The van der Waals surface area contributed by atoms with Crippen molar-refractivity contribution in [2.75, 3.05) is 13.1 Å². The zero-order valence-electron chi connectivity index (χ0n) is 12.4. The molecule has 0 spiro atoms. The SMILES string of the molecule is Cl.O=C(c1sc2cc(Cl)ccc2c1Cl)N1CCC2CCC(C1)N2. The van der Waals surface area contributed by atoms with Gasteiger partial charge in [-0.1, -0.05) is 29.3 Å². The first kappa shape index (κ1) is 17.3. The maximum atomic E-state index is 12.9. The highest BCUT2D eigenvalue weighted by atomic mass is 35.5. The van der Waals surface area contributed by atoms with Crippen LogP contribution in [-0.4, -0.2) is 36.0 Å². The van der Waals surface area contributed by atoms with E-state index in [1.54, 1.807) is 0 Å². The topological polar surface area (TPSA) is 32.3 Å². The summed E-state index contributed by atoms with van der Waals surface area (Å²) < 4.78 is 0.968. The molecule has 2 aliphatic rings. The van der Waals surface area contributed by atoms with Crippen LogP contribution in [0.1, 0.15) is 28.9 Å². The van der Waals surface area contributed by atoms with E-state index >= 15 is 0 Å². The minimum atomic E-state index is 0. The van der Waals surface area contributed by atoms with Gasteiger partial charge in [0.15, 0.2) is 0 Å². The van der Waals surface area contributed by atoms with Gasteiger partial charge < -0.3 is 10.2 Å². The fourth-order valence-electron chi connectivity index (χ4n) is 3.45. The number of amides is 1. The maximum Gasteiger partial charge on any atom is 0.265 e. The van der Waals surface area contributed by atoms with Gasteiger partial charge >= 0.3 is 0 Å². The second-order valence-corrected chi connectivity index (χ2v) is 7.93. The van der Waals surface area contributed by atoms with Gasteiger partial charge in [-0.05, 0) is 31.4 Å². The van der Waals surface area contributed by atoms with Crippen molar-refractivity contribution >= 4 is 62.9 Å². The highest BCUT2D eigenvalue weighted by molar-refractivity contribution is 7.21. The van der Waals surface area contributed by atoms with E-state index in [2.05, 4.69) is 5.32 Å². The molecule has 1 aromatic carbocycles. The molecule has 2 aromatic rings. The lowest BCUT2D eigenvalue weighted by Gasteiger charge is -2.23. The summed E-state index contributed by atoms with van der Waals surface area (Å²) in [7, 11) is 0. The van der Waals surface area contributed by atoms with E-state index in [4.69, 9.17) is 23.2 Å². The van der Waals surface area contributed by atoms with Gasteiger partial charge in [0.05, 0.1) is 5.02 Å². The number of halogens is 3. The van der Waals surface area contributed by atoms with Gasteiger partial charge in [-0.25, -0.2) is 0 Å². The minimum Gasteiger partial charge on any atom is -0.336 e. The molecule has 2 aliphatic heterocycles. The molecule has 3 nitrogen and oxygen atoms in total. The Morgan fingerprint density at radius 1 is 1.22 bits per heavy atom. The molecule has 2 bridgehead atoms. The molecule has 3 heterocycles. The van der Waals surface area contributed by atoms with Crippen molar-refractivity contribution in [1.29, 1.82) is 0 Å². The van der Waals surface area contributed by atoms with Gasteiger partial charge in [0.1, 0.15) is 4.88 Å². The number of nitrogens with zero attached hydrogens (tertiary/aromatic N) is 1. The maximum absolute atomic E-state index is 12.9. The molecule has 2 saturated heterocycles. The molecule has 124 valence electrons. The second-order valence-electron chi connectivity index (χ2n) is 6.06. The van der Waals surface area contributed by atoms with Crippen molar-refractivity contribution in [3.05, 3.63) is 33.1 Å². The molecule has 1 N–H and O–H groups in total. The molecule has 7 heteroatoms. The quantitative estimate of drug-likeness (QED) is 0.770. The highest BCUT2D eigenvalue weighted by Crippen LogP contribution is 2.37. The Morgan fingerprint density at radius 3 is 2.83 bits per heavy atom. The van der Waals surface area contributed by atoms with Gasteiger partial charge in [0.2, 0.25) is 0 Å². The largest absolute Gasteiger partial charge is 0.336 e. The van der Waals surface area contributed by atoms with Crippen LogP contribution in [0.5, 0.6) is 0 Å². The van der Waals surface area contributed by atoms with E-state index in [1.807, 2.05) is 23.1 Å². The zero-order chi connectivity index (χ0) is 15.3. The van der Waals surface area contributed by atoms with E-state index in [9.17, 15) is 4.79 Å². The van der Waals surface area contributed by atoms with Crippen molar-refractivity contribution < 1.29 is 4.79 Å². The van der Waals surface area contributed by atoms with Crippen LogP contribution < -0.4 is 5.32 Å². The summed E-state index contributed by atoms with van der Waals surface area (Å²) >= 11 is 13.9. The fourth-order valence-corrected chi connectivity index (χ4v) is 5.20. The summed E-state index contributed by atoms with van der Waals surface area (Å²) in [5.74, 6) is 0.0525. The first-order chi connectivity index (χ1) is 10.6. The lowest BCUT2D eigenvalue weighted by Crippen LogP contribution is -2.38. The van der Waals surface area contributed by atoms with E-state index < -0.39 is 0 Å². The minimum absolute atomic E-state index is 0. The Bertz CT molecular complexity index is 748. The molecule has 2 fully saturated rings. The summed E-state index contributed by atoms with van der Waals surface area (Å²) in [6.45, 7) is 1.58. The summed E-state index contributed by atoms with van der Waals surface area (Å²) in [4.78, 5) is 15.5. The Morgan fingerprint density at radius 2 is 2.00 bits per heavy atom. The third-order valence-electron chi connectivity index (χ3n) is 4.60. The van der Waals surface area contributed by atoms with E-state index in [-0.39, 0.29) is 18.3 Å². The van der Waals surface area contributed by atoms with Crippen LogP contribution in [0, 0.1) is 0 Å². The van der Waals surface area contributed by atoms with Crippen LogP contribution in [0.2, 0.25) is 10.0 Å². The summed E-state index contributed by atoms with van der Waals surface area (Å²) in [5, 5.41) is 5.73. The second kappa shape index (κ2) is 6.77. The zero-order valence-corrected chi connectivity index (χ0v) is 15.5. The molecule has 0 saturated carbocycles. The van der Waals surface area contributed by atoms with Crippen LogP contribution >= 0.6 is 46.9 Å². The first-order valence-electron chi connectivity index (χ1n) is 7.54. The number of hydrogen-bond donors (Lipinski definition) is 1. The molecular weight excluding hydrogens is 375 g/mol. The average molecular weight is 392 g/mol. The third-order valence-corrected chi connectivity index (χ3v) is 6.48. The van der Waals surface area contributed by atoms with Crippen molar-refractivity contribution in [2.45, 2.75) is 31.3 Å². The number of nitrogens with one attached hydrogen (secondary N) is 1. The molecule has 0 radical (unpaired) electrons. The van der Waals surface area contributed by atoms with Crippen LogP contribution in [0.25, 0.3) is 10.1 Å². The molecular formula is C16H17Cl3N2OS. The summed E-state index contributed by atoms with van der Waals surface area (Å²) in [5.41, 5.74) is 0. The van der Waals surface area contributed by atoms with Crippen LogP contribution in [-0.2, 0) is 0 Å². The average Bonchev–Trinajstić information content (AvgIpc) is 2.98. The predicted octanol–water partition coefficient (Wildman–Crippen LogP) is 4.60. The monoisotopic (exact) mass is 390 g/mol. The van der Waals surface area contributed by atoms with Crippen molar-refractivity contribution in [1.82, 2.24) is 10.2 Å². The number of carbonyl (C=O) groups excluding carboxylic acids is 1. The summed E-state index contributed by atoms with van der Waals surface area (Å²) in [6, 6.07) is 6.57. The third kappa shape index (κ3) is 3.20. The Balaban J connectivity index is 0.00000156. The molecule has 4 rings (SSSR count). The number of likely N-dealkylation sites (tertiary alicyclic amines) is 1. The molecule has 23 heavy (non-hydrogen) atoms. The number of hydrogen-bond acceptors (Lipinski definition) is 3. The van der Waals surface area contributed by atoms with Gasteiger partial charge in [-0.3, -0.25) is 4.79 Å². The molecule has 1 aromatic heterocycles. The van der Waals surface area contributed by atoms with Crippen molar-refractivity contribution in [2.24, 2.45) is 0 Å². The van der Waals surface area contributed by atoms with E-state index in [0.29, 0.717) is 27.0 Å². The fraction of sp³-hybridized carbons (Fsp3) is 0.438. The molecule has 1 amide bonds. The van der Waals surface area contributed by atoms with Crippen LogP contribution in [0.4, 0.5) is 0 Å². The van der Waals surface area contributed by atoms with Gasteiger partial charge in [-0.2, -0.15) is 0 Å². The van der Waals surface area contributed by atoms with E-state index in [0.717, 1.165) is 36.0 Å². The lowest BCUT2D eigenvalue weighted by molar-refractivity contribution is 0.0753. The van der Waals surface area contributed by atoms with Gasteiger partial charge in [0, 0.05) is 40.3 Å². The van der Waals surface area contributed by atoms with E-state index in [1.165, 1.54) is 17.8 Å². The number of thiophene rings is 1. The normalized spacial score (nSPS) is 23.7. The van der Waals surface area contributed by atoms with Crippen molar-refractivity contribution in [3.8, 4) is 0 Å². The Hall–Kier alpha value is -0.520. The lowest BCUT2D eigenvalue weighted by atomic mass is 10.1. The van der Waals surface area contributed by atoms with Crippen LogP contribution in [0.3, 0.4) is 0 Å². The Kier molecular flexibility index (Phi) is 5.09. The van der Waals surface area contributed by atoms with Crippen LogP contribution in [0.15, 0.2) is 18.2 Å². The first-order valence-corrected chi connectivity index (χ1v) is 9.12. The number of carbonyl (C=O) groups is 1. The van der Waals surface area contributed by atoms with Gasteiger partial charge in [-0.15, -0.1) is 23.7 Å². The summed E-state index contributed by atoms with van der Waals surface area (Å²) in [6.07, 6.45) is 3.41. The Labute approximate surface area is 155 Å². The standard InChI is InChI=1S/C16H16Cl2N2OS.ClH/c17-9-1-4-12-13(7-9)22-15(14(12)18)16(21)20-6-5-10-2-3-11(8-20)19-10;/h1,4,7,10-11,19H,2-3,5-6,8H2;1H. The molecule has 2 atom stereocenters. The number of rotatable bonds is 1.